The van der Waals surface area contributed by atoms with Crippen molar-refractivity contribution in [3.05, 3.63) is 58.1 Å². The van der Waals surface area contributed by atoms with E-state index in [1.807, 2.05) is 0 Å². The van der Waals surface area contributed by atoms with Crippen molar-refractivity contribution in [3.8, 4) is 0 Å². The van der Waals surface area contributed by atoms with E-state index in [0.29, 0.717) is 11.3 Å². The number of anilines is 2. The maximum absolute atomic E-state index is 12.6. The van der Waals surface area contributed by atoms with Crippen LogP contribution < -0.4 is 10.0 Å². The van der Waals surface area contributed by atoms with Gasteiger partial charge in [-0.2, -0.15) is 0 Å². The Hall–Kier alpha value is -2.58. The molecule has 1 amide bonds. The van der Waals surface area contributed by atoms with Crippen LogP contribution in [0, 0.1) is 6.92 Å². The average molecular weight is 397 g/mol. The number of rotatable bonds is 5. The molecule has 2 aromatic rings. The summed E-state index contributed by atoms with van der Waals surface area (Å²) in [5.41, 5.74) is 1.49. The Morgan fingerprint density at radius 3 is 2.42 bits per heavy atom. The molecule has 2 aromatic carbocycles. The Kier molecular flexibility index (Phi) is 5.89. The summed E-state index contributed by atoms with van der Waals surface area (Å²) in [6.45, 7) is 1.62. The van der Waals surface area contributed by atoms with Crippen molar-refractivity contribution in [3.63, 3.8) is 0 Å². The second kappa shape index (κ2) is 7.76. The van der Waals surface area contributed by atoms with E-state index in [-0.39, 0.29) is 21.8 Å². The second-order valence-electron chi connectivity index (χ2n) is 5.49. The molecule has 0 fully saturated rings. The molecule has 0 aliphatic carbocycles. The third-order valence-corrected chi connectivity index (χ3v) is 4.43. The Labute approximate surface area is 156 Å². The number of carbonyl (C=O) groups is 2. The molecule has 138 valence electrons. The molecule has 0 saturated heterocycles. The summed E-state index contributed by atoms with van der Waals surface area (Å²) < 4.78 is 29.9. The lowest BCUT2D eigenvalue weighted by atomic mass is 10.1. The molecule has 0 saturated carbocycles. The molecule has 0 heterocycles. The lowest BCUT2D eigenvalue weighted by Gasteiger charge is -2.13. The molecule has 0 atom stereocenters. The molecule has 9 heteroatoms. The van der Waals surface area contributed by atoms with Gasteiger partial charge in [0.1, 0.15) is 0 Å². The first-order valence-corrected chi connectivity index (χ1v) is 9.66. The van der Waals surface area contributed by atoms with Crippen molar-refractivity contribution >= 4 is 44.9 Å². The van der Waals surface area contributed by atoms with Gasteiger partial charge in [0.05, 0.1) is 35.3 Å². The van der Waals surface area contributed by atoms with E-state index in [4.69, 9.17) is 11.6 Å². The first-order chi connectivity index (χ1) is 12.1. The van der Waals surface area contributed by atoms with Gasteiger partial charge in [0, 0.05) is 5.56 Å². The van der Waals surface area contributed by atoms with Crippen molar-refractivity contribution in [2.24, 2.45) is 0 Å². The average Bonchev–Trinajstić information content (AvgIpc) is 2.56. The molecule has 0 spiro atoms. The SMILES string of the molecule is COC(=O)c1ccc(Cl)c(NC(=O)c2cccc(NS(C)(=O)=O)c2C)c1. The van der Waals surface area contributed by atoms with Gasteiger partial charge >= 0.3 is 5.97 Å². The van der Waals surface area contributed by atoms with Gasteiger partial charge in [0.2, 0.25) is 10.0 Å². The molecule has 0 radical (unpaired) electrons. The van der Waals surface area contributed by atoms with E-state index >= 15 is 0 Å². The number of sulfonamides is 1. The van der Waals surface area contributed by atoms with Crippen LogP contribution in [-0.2, 0) is 14.8 Å². The summed E-state index contributed by atoms with van der Waals surface area (Å²) in [6, 6.07) is 9.01. The molecular formula is C17H17ClN2O5S. The van der Waals surface area contributed by atoms with E-state index in [1.54, 1.807) is 25.1 Å². The fourth-order valence-corrected chi connectivity index (χ4v) is 3.03. The largest absolute Gasteiger partial charge is 0.465 e. The van der Waals surface area contributed by atoms with Crippen LogP contribution in [-0.4, -0.2) is 33.7 Å². The molecule has 0 aliphatic heterocycles. The summed E-state index contributed by atoms with van der Waals surface area (Å²) in [4.78, 5) is 24.2. The lowest BCUT2D eigenvalue weighted by Crippen LogP contribution is -2.16. The monoisotopic (exact) mass is 396 g/mol. The van der Waals surface area contributed by atoms with Gasteiger partial charge in [-0.15, -0.1) is 0 Å². The van der Waals surface area contributed by atoms with Crippen molar-refractivity contribution in [2.75, 3.05) is 23.4 Å². The topological polar surface area (TPSA) is 102 Å². The van der Waals surface area contributed by atoms with Crippen LogP contribution in [0.15, 0.2) is 36.4 Å². The highest BCUT2D eigenvalue weighted by Gasteiger charge is 2.16. The Morgan fingerprint density at radius 1 is 1.12 bits per heavy atom. The molecule has 0 bridgehead atoms. The van der Waals surface area contributed by atoms with Gasteiger partial charge in [0.25, 0.3) is 5.91 Å². The molecule has 0 aliphatic rings. The van der Waals surface area contributed by atoms with Gasteiger partial charge in [-0.25, -0.2) is 13.2 Å². The molecule has 7 nitrogen and oxygen atoms in total. The quantitative estimate of drug-likeness (QED) is 0.756. The fraction of sp³-hybridized carbons (Fsp3) is 0.176. The minimum Gasteiger partial charge on any atom is -0.465 e. The van der Waals surface area contributed by atoms with Crippen LogP contribution >= 0.6 is 11.6 Å². The van der Waals surface area contributed by atoms with E-state index in [1.165, 1.54) is 25.3 Å². The number of amides is 1. The third-order valence-electron chi connectivity index (χ3n) is 3.51. The summed E-state index contributed by atoms with van der Waals surface area (Å²) in [6.07, 6.45) is 1.03. The van der Waals surface area contributed by atoms with Gasteiger partial charge < -0.3 is 10.1 Å². The maximum atomic E-state index is 12.6. The number of benzene rings is 2. The van der Waals surface area contributed by atoms with Crippen LogP contribution in [0.4, 0.5) is 11.4 Å². The van der Waals surface area contributed by atoms with E-state index in [0.717, 1.165) is 6.26 Å². The molecule has 2 rings (SSSR count). The third kappa shape index (κ3) is 4.74. The van der Waals surface area contributed by atoms with Crippen LogP contribution in [0.5, 0.6) is 0 Å². The van der Waals surface area contributed by atoms with E-state index in [9.17, 15) is 18.0 Å². The Bertz CT molecular complexity index is 973. The number of esters is 1. The van der Waals surface area contributed by atoms with E-state index < -0.39 is 21.9 Å². The summed E-state index contributed by atoms with van der Waals surface area (Å²) >= 11 is 6.08. The van der Waals surface area contributed by atoms with E-state index in [2.05, 4.69) is 14.8 Å². The molecule has 0 aromatic heterocycles. The zero-order chi connectivity index (χ0) is 19.5. The van der Waals surface area contributed by atoms with Crippen LogP contribution in [0.1, 0.15) is 26.3 Å². The van der Waals surface area contributed by atoms with Crippen molar-refractivity contribution in [1.82, 2.24) is 0 Å². The summed E-state index contributed by atoms with van der Waals surface area (Å²) in [5, 5.41) is 2.87. The van der Waals surface area contributed by atoms with Gasteiger partial charge in [0.15, 0.2) is 0 Å². The first kappa shape index (κ1) is 19.7. The highest BCUT2D eigenvalue weighted by Crippen LogP contribution is 2.26. The Balaban J connectivity index is 2.34. The molecule has 26 heavy (non-hydrogen) atoms. The minimum absolute atomic E-state index is 0.233. The predicted octanol–water partition coefficient (Wildman–Crippen LogP) is 3.06. The zero-order valence-electron chi connectivity index (χ0n) is 14.3. The number of nitrogens with one attached hydrogen (secondary N) is 2. The van der Waals surface area contributed by atoms with Gasteiger partial charge in [-0.1, -0.05) is 17.7 Å². The van der Waals surface area contributed by atoms with Crippen molar-refractivity contribution < 1.29 is 22.7 Å². The van der Waals surface area contributed by atoms with Crippen LogP contribution in [0.2, 0.25) is 5.02 Å². The molecule has 2 N–H and O–H groups in total. The minimum atomic E-state index is -3.48. The second-order valence-corrected chi connectivity index (χ2v) is 7.65. The zero-order valence-corrected chi connectivity index (χ0v) is 15.9. The highest BCUT2D eigenvalue weighted by molar-refractivity contribution is 7.92. The van der Waals surface area contributed by atoms with Crippen LogP contribution in [0.25, 0.3) is 0 Å². The standard InChI is InChI=1S/C17H17ClN2O5S/c1-10-12(5-4-6-14(10)20-26(3,23)24)16(21)19-15-9-11(17(22)25-2)7-8-13(15)18/h4-9,20H,1-3H3,(H,19,21). The number of hydrogen-bond acceptors (Lipinski definition) is 5. The normalized spacial score (nSPS) is 10.9. The highest BCUT2D eigenvalue weighted by atomic mass is 35.5. The smallest absolute Gasteiger partial charge is 0.337 e. The van der Waals surface area contributed by atoms with Crippen LogP contribution in [0.3, 0.4) is 0 Å². The lowest BCUT2D eigenvalue weighted by molar-refractivity contribution is 0.0600. The number of hydrogen-bond donors (Lipinski definition) is 2. The summed E-state index contributed by atoms with van der Waals surface area (Å²) in [5.74, 6) is -1.06. The van der Waals surface area contributed by atoms with Crippen molar-refractivity contribution in [1.29, 1.82) is 0 Å². The van der Waals surface area contributed by atoms with Gasteiger partial charge in [-0.3, -0.25) is 9.52 Å². The molecule has 0 unspecified atom stereocenters. The first-order valence-electron chi connectivity index (χ1n) is 7.39. The number of halogens is 1. The fourth-order valence-electron chi connectivity index (χ4n) is 2.25. The molecular weight excluding hydrogens is 380 g/mol. The van der Waals surface area contributed by atoms with Gasteiger partial charge in [-0.05, 0) is 42.8 Å². The number of ether oxygens (including phenoxy) is 1. The predicted molar refractivity (Wildman–Crippen MR) is 100 cm³/mol. The van der Waals surface area contributed by atoms with Crippen molar-refractivity contribution in [2.45, 2.75) is 6.92 Å². The summed E-state index contributed by atoms with van der Waals surface area (Å²) in [7, 11) is -2.23. The number of methoxy groups -OCH3 is 1. The Morgan fingerprint density at radius 2 is 1.81 bits per heavy atom. The maximum Gasteiger partial charge on any atom is 0.337 e. The number of carbonyl (C=O) groups excluding carboxylic acids is 2.